The van der Waals surface area contributed by atoms with Crippen LogP contribution in [-0.2, 0) is 16.5 Å². The molecule has 2 aromatic rings. The minimum atomic E-state index is -0.534. The summed E-state index contributed by atoms with van der Waals surface area (Å²) in [5.41, 5.74) is 0.884. The summed E-state index contributed by atoms with van der Waals surface area (Å²) in [5, 5.41) is 0. The van der Waals surface area contributed by atoms with Crippen molar-refractivity contribution in [3.8, 4) is 5.75 Å². The van der Waals surface area contributed by atoms with Gasteiger partial charge in [-0.3, -0.25) is 4.79 Å². The standard InChI is InChI=1S/C19H21NO5/c1-20-10-2-5-17(20)18(21)13-25-19(22)14-6-8-15(9-7-14)24-12-16-4-3-11-23-16/h2,5-10,16H,3-4,11-13H2,1H3/t16-/m0/s1. The third-order valence-electron chi connectivity index (χ3n) is 4.11. The van der Waals surface area contributed by atoms with E-state index in [9.17, 15) is 9.59 Å². The lowest BCUT2D eigenvalue weighted by atomic mass is 10.2. The van der Waals surface area contributed by atoms with Crippen LogP contribution in [-0.4, -0.2) is 42.2 Å². The molecule has 1 aliphatic heterocycles. The van der Waals surface area contributed by atoms with Gasteiger partial charge < -0.3 is 18.8 Å². The highest BCUT2D eigenvalue weighted by atomic mass is 16.5. The fourth-order valence-electron chi connectivity index (χ4n) is 2.69. The van der Waals surface area contributed by atoms with Gasteiger partial charge in [0.25, 0.3) is 0 Å². The molecular formula is C19H21NO5. The van der Waals surface area contributed by atoms with Gasteiger partial charge in [0.1, 0.15) is 12.4 Å². The molecule has 1 aliphatic rings. The van der Waals surface area contributed by atoms with Crippen molar-refractivity contribution in [2.24, 2.45) is 7.05 Å². The number of rotatable bonds is 7. The molecule has 1 aromatic carbocycles. The van der Waals surface area contributed by atoms with Crippen molar-refractivity contribution in [2.75, 3.05) is 19.8 Å². The van der Waals surface area contributed by atoms with Gasteiger partial charge in [-0.15, -0.1) is 0 Å². The van der Waals surface area contributed by atoms with Crippen LogP contribution in [0.4, 0.5) is 0 Å². The molecule has 3 rings (SSSR count). The van der Waals surface area contributed by atoms with E-state index in [2.05, 4.69) is 0 Å². The van der Waals surface area contributed by atoms with Crippen LogP contribution in [0.3, 0.4) is 0 Å². The first-order valence-corrected chi connectivity index (χ1v) is 8.29. The van der Waals surface area contributed by atoms with Crippen LogP contribution in [0.1, 0.15) is 33.7 Å². The van der Waals surface area contributed by atoms with E-state index in [1.807, 2.05) is 0 Å². The zero-order valence-corrected chi connectivity index (χ0v) is 14.1. The van der Waals surface area contributed by atoms with Crippen molar-refractivity contribution in [1.82, 2.24) is 4.57 Å². The minimum Gasteiger partial charge on any atom is -0.491 e. The minimum absolute atomic E-state index is 0.146. The number of Topliss-reactive ketones (excluding diaryl/α,β-unsaturated/α-hetero) is 1. The Hall–Kier alpha value is -2.60. The summed E-state index contributed by atoms with van der Waals surface area (Å²) in [6, 6.07) is 10.1. The number of esters is 1. The predicted molar refractivity (Wildman–Crippen MR) is 90.9 cm³/mol. The van der Waals surface area contributed by atoms with E-state index in [-0.39, 0.29) is 18.5 Å². The molecule has 0 saturated carbocycles. The van der Waals surface area contributed by atoms with Gasteiger partial charge in [-0.25, -0.2) is 4.79 Å². The lowest BCUT2D eigenvalue weighted by Gasteiger charge is -2.11. The van der Waals surface area contributed by atoms with Crippen molar-refractivity contribution >= 4 is 11.8 Å². The van der Waals surface area contributed by atoms with Crippen molar-refractivity contribution in [3.05, 3.63) is 53.9 Å². The van der Waals surface area contributed by atoms with Gasteiger partial charge >= 0.3 is 5.97 Å². The molecule has 0 N–H and O–H groups in total. The Morgan fingerprint density at radius 3 is 2.68 bits per heavy atom. The molecule has 2 heterocycles. The van der Waals surface area contributed by atoms with Crippen LogP contribution in [0.25, 0.3) is 0 Å². The quantitative estimate of drug-likeness (QED) is 0.571. The lowest BCUT2D eigenvalue weighted by molar-refractivity contribution is 0.0472. The Morgan fingerprint density at radius 2 is 2.04 bits per heavy atom. The van der Waals surface area contributed by atoms with E-state index < -0.39 is 5.97 Å². The second-order valence-electron chi connectivity index (χ2n) is 5.97. The summed E-state index contributed by atoms with van der Waals surface area (Å²) >= 11 is 0. The second-order valence-corrected chi connectivity index (χ2v) is 5.97. The van der Waals surface area contributed by atoms with Gasteiger partial charge in [-0.1, -0.05) is 0 Å². The highest BCUT2D eigenvalue weighted by molar-refractivity contribution is 5.98. The van der Waals surface area contributed by atoms with Gasteiger partial charge in [0.15, 0.2) is 6.61 Å². The maximum Gasteiger partial charge on any atom is 0.338 e. The topological polar surface area (TPSA) is 66.8 Å². The largest absolute Gasteiger partial charge is 0.491 e. The summed E-state index contributed by atoms with van der Waals surface area (Å²) < 4.78 is 17.9. The molecular weight excluding hydrogens is 322 g/mol. The van der Waals surface area contributed by atoms with Gasteiger partial charge in [-0.05, 0) is 49.2 Å². The van der Waals surface area contributed by atoms with E-state index in [1.54, 1.807) is 54.2 Å². The molecule has 0 bridgehead atoms. The van der Waals surface area contributed by atoms with Crippen molar-refractivity contribution < 1.29 is 23.8 Å². The molecule has 1 saturated heterocycles. The lowest BCUT2D eigenvalue weighted by Crippen LogP contribution is -2.17. The summed E-state index contributed by atoms with van der Waals surface area (Å²) in [7, 11) is 1.77. The summed E-state index contributed by atoms with van der Waals surface area (Å²) in [6.07, 6.45) is 4.00. The summed E-state index contributed by atoms with van der Waals surface area (Å²) in [5.74, 6) is -0.0995. The zero-order chi connectivity index (χ0) is 17.6. The van der Waals surface area contributed by atoms with E-state index in [0.29, 0.717) is 23.6 Å². The highest BCUT2D eigenvalue weighted by Gasteiger charge is 2.16. The van der Waals surface area contributed by atoms with E-state index in [0.717, 1.165) is 19.4 Å². The van der Waals surface area contributed by atoms with Gasteiger partial charge in [0.05, 0.1) is 17.4 Å². The number of carbonyl (C=O) groups is 2. The Morgan fingerprint density at radius 1 is 1.24 bits per heavy atom. The number of nitrogens with zero attached hydrogens (tertiary/aromatic N) is 1. The molecule has 6 nitrogen and oxygen atoms in total. The van der Waals surface area contributed by atoms with Crippen LogP contribution in [0.2, 0.25) is 0 Å². The smallest absolute Gasteiger partial charge is 0.338 e. The van der Waals surface area contributed by atoms with Crippen LogP contribution < -0.4 is 4.74 Å². The maximum atomic E-state index is 12.0. The second kappa shape index (κ2) is 7.98. The molecule has 132 valence electrons. The summed E-state index contributed by atoms with van der Waals surface area (Å²) in [6.45, 7) is 1.02. The summed E-state index contributed by atoms with van der Waals surface area (Å²) in [4.78, 5) is 24.0. The average Bonchev–Trinajstić information content (AvgIpc) is 3.29. The van der Waals surface area contributed by atoms with Crippen LogP contribution in [0.15, 0.2) is 42.6 Å². The number of hydrogen-bond donors (Lipinski definition) is 0. The van der Waals surface area contributed by atoms with Crippen LogP contribution >= 0.6 is 0 Å². The molecule has 1 atom stereocenters. The number of benzene rings is 1. The van der Waals surface area contributed by atoms with Gasteiger partial charge in [0, 0.05) is 19.9 Å². The van der Waals surface area contributed by atoms with Crippen LogP contribution in [0.5, 0.6) is 5.75 Å². The maximum absolute atomic E-state index is 12.0. The zero-order valence-electron chi connectivity index (χ0n) is 14.1. The highest BCUT2D eigenvalue weighted by Crippen LogP contribution is 2.17. The third kappa shape index (κ3) is 4.48. The third-order valence-corrected chi connectivity index (χ3v) is 4.11. The van der Waals surface area contributed by atoms with Crippen molar-refractivity contribution in [3.63, 3.8) is 0 Å². The molecule has 0 unspecified atom stereocenters. The number of carbonyl (C=O) groups excluding carboxylic acids is 2. The first-order valence-electron chi connectivity index (χ1n) is 8.29. The molecule has 1 aromatic heterocycles. The van der Waals surface area contributed by atoms with Gasteiger partial charge in [-0.2, -0.15) is 0 Å². The number of ether oxygens (including phenoxy) is 3. The SMILES string of the molecule is Cn1cccc1C(=O)COC(=O)c1ccc(OC[C@@H]2CCCO2)cc1. The fourth-order valence-corrected chi connectivity index (χ4v) is 2.69. The number of hydrogen-bond acceptors (Lipinski definition) is 5. The molecule has 0 aliphatic carbocycles. The molecule has 0 amide bonds. The normalized spacial score (nSPS) is 16.6. The molecule has 6 heteroatoms. The van der Waals surface area contributed by atoms with Gasteiger partial charge in [0.2, 0.25) is 5.78 Å². The fraction of sp³-hybridized carbons (Fsp3) is 0.368. The molecule has 0 radical (unpaired) electrons. The van der Waals surface area contributed by atoms with E-state index >= 15 is 0 Å². The Bertz CT molecular complexity index is 729. The van der Waals surface area contributed by atoms with E-state index in [4.69, 9.17) is 14.2 Å². The first-order chi connectivity index (χ1) is 12.1. The number of aryl methyl sites for hydroxylation is 1. The Labute approximate surface area is 146 Å². The molecule has 0 spiro atoms. The van der Waals surface area contributed by atoms with E-state index in [1.165, 1.54) is 0 Å². The molecule has 25 heavy (non-hydrogen) atoms. The van der Waals surface area contributed by atoms with Crippen molar-refractivity contribution in [2.45, 2.75) is 18.9 Å². The Balaban J connectivity index is 1.48. The number of ketones is 1. The average molecular weight is 343 g/mol. The van der Waals surface area contributed by atoms with Crippen molar-refractivity contribution in [1.29, 1.82) is 0 Å². The Kier molecular flexibility index (Phi) is 5.50. The first kappa shape index (κ1) is 17.2. The van der Waals surface area contributed by atoms with Crippen LogP contribution in [0, 0.1) is 0 Å². The predicted octanol–water partition coefficient (Wildman–Crippen LogP) is 2.62. The number of aromatic nitrogens is 1. The molecule has 1 fully saturated rings. The monoisotopic (exact) mass is 343 g/mol.